The molecule has 1 heterocycles. The predicted octanol–water partition coefficient (Wildman–Crippen LogP) is 3.89. The van der Waals surface area contributed by atoms with Crippen LogP contribution in [0.3, 0.4) is 0 Å². The summed E-state index contributed by atoms with van der Waals surface area (Å²) in [5, 5.41) is 3.89. The van der Waals surface area contributed by atoms with Gasteiger partial charge >= 0.3 is 0 Å². The molecule has 2 rings (SSSR count). The van der Waals surface area contributed by atoms with E-state index < -0.39 is 0 Å². The lowest BCUT2D eigenvalue weighted by Gasteiger charge is -2.40. The van der Waals surface area contributed by atoms with Gasteiger partial charge in [0, 0.05) is 18.7 Å². The van der Waals surface area contributed by atoms with Gasteiger partial charge in [0.25, 0.3) is 0 Å². The third kappa shape index (κ3) is 3.27. The van der Waals surface area contributed by atoms with Crippen molar-refractivity contribution in [1.29, 1.82) is 0 Å². The molecule has 1 spiro atoms. The van der Waals surface area contributed by atoms with Crippen molar-refractivity contribution in [2.75, 3.05) is 6.61 Å². The zero-order valence-corrected chi connectivity index (χ0v) is 12.5. The summed E-state index contributed by atoms with van der Waals surface area (Å²) >= 11 is 0. The smallest absolute Gasteiger partial charge is 0.0697 e. The van der Waals surface area contributed by atoms with Gasteiger partial charge in [-0.2, -0.15) is 0 Å². The molecule has 0 bridgehead atoms. The maximum Gasteiger partial charge on any atom is 0.0697 e. The van der Waals surface area contributed by atoms with E-state index >= 15 is 0 Å². The highest BCUT2D eigenvalue weighted by molar-refractivity contribution is 4.94. The Hall–Kier alpha value is -0.0800. The van der Waals surface area contributed by atoms with Crippen molar-refractivity contribution >= 4 is 0 Å². The average molecular weight is 253 g/mol. The normalized spacial score (nSPS) is 29.0. The topological polar surface area (TPSA) is 21.3 Å². The van der Waals surface area contributed by atoms with E-state index in [9.17, 15) is 0 Å². The number of rotatable bonds is 5. The van der Waals surface area contributed by atoms with Gasteiger partial charge in [-0.1, -0.05) is 39.5 Å². The van der Waals surface area contributed by atoms with Gasteiger partial charge in [-0.3, -0.25) is 0 Å². The quantitative estimate of drug-likeness (QED) is 0.802. The van der Waals surface area contributed by atoms with Gasteiger partial charge in [0.15, 0.2) is 0 Å². The molecule has 1 aliphatic heterocycles. The summed E-state index contributed by atoms with van der Waals surface area (Å²) in [6, 6.07) is 1.34. The van der Waals surface area contributed by atoms with Gasteiger partial charge < -0.3 is 10.1 Å². The van der Waals surface area contributed by atoms with Crippen LogP contribution in [0.1, 0.15) is 72.1 Å². The molecule has 1 saturated carbocycles. The van der Waals surface area contributed by atoms with Crippen LogP contribution in [0.5, 0.6) is 0 Å². The third-order valence-electron chi connectivity index (χ3n) is 5.26. The molecule has 2 nitrogen and oxygen atoms in total. The molecule has 0 aromatic heterocycles. The molecule has 18 heavy (non-hydrogen) atoms. The first-order valence-electron chi connectivity index (χ1n) is 8.09. The molecule has 2 atom stereocenters. The molecule has 2 aliphatic rings. The van der Waals surface area contributed by atoms with E-state index in [0.717, 1.165) is 12.5 Å². The van der Waals surface area contributed by atoms with Crippen molar-refractivity contribution in [3.63, 3.8) is 0 Å². The maximum atomic E-state index is 6.11. The summed E-state index contributed by atoms with van der Waals surface area (Å²) in [4.78, 5) is 0. The first-order chi connectivity index (χ1) is 8.69. The third-order valence-corrected chi connectivity index (χ3v) is 5.26. The van der Waals surface area contributed by atoms with Crippen molar-refractivity contribution in [3.05, 3.63) is 0 Å². The molecule has 1 N–H and O–H groups in total. The Morgan fingerprint density at radius 3 is 2.50 bits per heavy atom. The lowest BCUT2D eigenvalue weighted by molar-refractivity contribution is -0.0852. The summed E-state index contributed by atoms with van der Waals surface area (Å²) < 4.78 is 6.11. The Labute approximate surface area is 113 Å². The van der Waals surface area contributed by atoms with Crippen LogP contribution < -0.4 is 5.32 Å². The summed E-state index contributed by atoms with van der Waals surface area (Å²) in [5.41, 5.74) is 0.254. The Morgan fingerprint density at radius 2 is 1.89 bits per heavy atom. The van der Waals surface area contributed by atoms with Crippen molar-refractivity contribution in [2.45, 2.75) is 89.8 Å². The molecule has 0 radical (unpaired) electrons. The molecule has 2 unspecified atom stereocenters. The minimum absolute atomic E-state index is 0.254. The van der Waals surface area contributed by atoms with Crippen LogP contribution in [0.2, 0.25) is 0 Å². The Morgan fingerprint density at radius 1 is 1.22 bits per heavy atom. The Balaban J connectivity index is 1.85. The number of nitrogens with one attached hydrogen (secondary N) is 1. The fourth-order valence-electron chi connectivity index (χ4n) is 4.04. The lowest BCUT2D eigenvalue weighted by Crippen LogP contribution is -2.49. The molecule has 1 saturated heterocycles. The van der Waals surface area contributed by atoms with Crippen LogP contribution in [0.25, 0.3) is 0 Å². The first-order valence-corrected chi connectivity index (χ1v) is 8.09. The fourth-order valence-corrected chi connectivity index (χ4v) is 4.04. The van der Waals surface area contributed by atoms with E-state index in [0.29, 0.717) is 12.1 Å². The molecular weight excluding hydrogens is 222 g/mol. The Bertz CT molecular complexity index is 243. The molecule has 2 heteroatoms. The average Bonchev–Trinajstić information content (AvgIpc) is 2.79. The van der Waals surface area contributed by atoms with Crippen molar-refractivity contribution in [2.24, 2.45) is 5.92 Å². The molecule has 0 amide bonds. The van der Waals surface area contributed by atoms with Gasteiger partial charge in [-0.05, 0) is 38.5 Å². The zero-order chi connectivity index (χ0) is 13.0. The molecule has 2 fully saturated rings. The van der Waals surface area contributed by atoms with E-state index in [2.05, 4.69) is 26.1 Å². The second-order valence-corrected chi connectivity index (χ2v) is 6.46. The highest BCUT2D eigenvalue weighted by Crippen LogP contribution is 2.40. The van der Waals surface area contributed by atoms with E-state index in [-0.39, 0.29) is 5.60 Å². The highest BCUT2D eigenvalue weighted by atomic mass is 16.5. The standard InChI is InChI=1S/C16H31NO/c1-4-14(5-2)13(3)17-15-8-11-18-16(12-15)9-6-7-10-16/h13-15,17H,4-12H2,1-3H3. The van der Waals surface area contributed by atoms with Crippen LogP contribution in [0, 0.1) is 5.92 Å². The number of hydrogen-bond donors (Lipinski definition) is 1. The molecule has 0 aromatic carbocycles. The predicted molar refractivity (Wildman–Crippen MR) is 76.8 cm³/mol. The summed E-state index contributed by atoms with van der Waals surface area (Å²) in [7, 11) is 0. The van der Waals surface area contributed by atoms with Crippen molar-refractivity contribution < 1.29 is 4.74 Å². The summed E-state index contributed by atoms with van der Waals surface area (Å²) in [5.74, 6) is 0.826. The monoisotopic (exact) mass is 253 g/mol. The van der Waals surface area contributed by atoms with Crippen LogP contribution in [0.4, 0.5) is 0 Å². The number of ether oxygens (including phenoxy) is 1. The van der Waals surface area contributed by atoms with Gasteiger partial charge in [-0.25, -0.2) is 0 Å². The van der Waals surface area contributed by atoms with Gasteiger partial charge in [0.2, 0.25) is 0 Å². The SMILES string of the molecule is CCC(CC)C(C)NC1CCOC2(CCCC2)C1. The van der Waals surface area contributed by atoms with Gasteiger partial charge in [0.1, 0.15) is 0 Å². The van der Waals surface area contributed by atoms with Crippen LogP contribution >= 0.6 is 0 Å². The van der Waals surface area contributed by atoms with E-state index in [1.54, 1.807) is 0 Å². The van der Waals surface area contributed by atoms with Gasteiger partial charge in [0.05, 0.1) is 5.60 Å². The fraction of sp³-hybridized carbons (Fsp3) is 1.00. The minimum Gasteiger partial charge on any atom is -0.375 e. The zero-order valence-electron chi connectivity index (χ0n) is 12.5. The van der Waals surface area contributed by atoms with E-state index in [1.807, 2.05) is 0 Å². The van der Waals surface area contributed by atoms with Crippen LogP contribution in [0.15, 0.2) is 0 Å². The van der Waals surface area contributed by atoms with Crippen molar-refractivity contribution in [3.8, 4) is 0 Å². The second-order valence-electron chi connectivity index (χ2n) is 6.46. The van der Waals surface area contributed by atoms with Gasteiger partial charge in [-0.15, -0.1) is 0 Å². The van der Waals surface area contributed by atoms with Crippen LogP contribution in [-0.4, -0.2) is 24.3 Å². The molecule has 0 aromatic rings. The number of hydrogen-bond acceptors (Lipinski definition) is 2. The molecule has 1 aliphatic carbocycles. The van der Waals surface area contributed by atoms with Crippen molar-refractivity contribution in [1.82, 2.24) is 5.32 Å². The van der Waals surface area contributed by atoms with E-state index in [1.165, 1.54) is 51.4 Å². The summed E-state index contributed by atoms with van der Waals surface area (Å²) in [6.45, 7) is 7.96. The Kier molecular flexibility index (Phi) is 5.08. The first kappa shape index (κ1) is 14.3. The highest BCUT2D eigenvalue weighted by Gasteiger charge is 2.40. The largest absolute Gasteiger partial charge is 0.375 e. The second kappa shape index (κ2) is 6.38. The minimum atomic E-state index is 0.254. The summed E-state index contributed by atoms with van der Waals surface area (Å²) in [6.07, 6.45) is 10.4. The van der Waals surface area contributed by atoms with Crippen LogP contribution in [-0.2, 0) is 4.74 Å². The van der Waals surface area contributed by atoms with E-state index in [4.69, 9.17) is 4.74 Å². The maximum absolute atomic E-state index is 6.11. The molecule has 106 valence electrons. The molecular formula is C16H31NO. The lowest BCUT2D eigenvalue weighted by atomic mass is 9.87.